The van der Waals surface area contributed by atoms with Crippen LogP contribution < -0.4 is 10.2 Å². The number of aromatic nitrogens is 2. The minimum Gasteiger partial charge on any atom is -0.368 e. The SMILES string of the molecule is Cl.c1cc(N2CCNCC2)cnn1. The smallest absolute Gasteiger partial charge is 0.0729 e. The number of piperazine rings is 1. The Labute approximate surface area is 83.8 Å². The summed E-state index contributed by atoms with van der Waals surface area (Å²) in [6.45, 7) is 4.24. The number of nitrogens with one attached hydrogen (secondary N) is 1. The third-order valence-electron chi connectivity index (χ3n) is 2.05. The number of hydrogen-bond acceptors (Lipinski definition) is 4. The highest BCUT2D eigenvalue weighted by atomic mass is 35.5. The summed E-state index contributed by atoms with van der Waals surface area (Å²) in [7, 11) is 0. The molecular formula is C8H13ClN4. The van der Waals surface area contributed by atoms with E-state index in [0.717, 1.165) is 26.2 Å². The van der Waals surface area contributed by atoms with Gasteiger partial charge in [0.2, 0.25) is 0 Å². The van der Waals surface area contributed by atoms with E-state index in [-0.39, 0.29) is 12.4 Å². The summed E-state index contributed by atoms with van der Waals surface area (Å²) >= 11 is 0. The van der Waals surface area contributed by atoms with Gasteiger partial charge in [-0.05, 0) is 6.07 Å². The van der Waals surface area contributed by atoms with Crippen molar-refractivity contribution in [2.45, 2.75) is 0 Å². The van der Waals surface area contributed by atoms with E-state index in [1.54, 1.807) is 6.20 Å². The summed E-state index contributed by atoms with van der Waals surface area (Å²) in [6.07, 6.45) is 3.54. The number of nitrogens with zero attached hydrogens (tertiary/aromatic N) is 3. The van der Waals surface area contributed by atoms with E-state index < -0.39 is 0 Å². The fraction of sp³-hybridized carbons (Fsp3) is 0.500. The first kappa shape index (κ1) is 10.2. The van der Waals surface area contributed by atoms with Crippen molar-refractivity contribution in [2.75, 3.05) is 31.1 Å². The number of hydrogen-bond donors (Lipinski definition) is 1. The molecule has 0 aliphatic carbocycles. The largest absolute Gasteiger partial charge is 0.368 e. The number of halogens is 1. The molecule has 4 nitrogen and oxygen atoms in total. The van der Waals surface area contributed by atoms with Crippen molar-refractivity contribution in [1.29, 1.82) is 0 Å². The van der Waals surface area contributed by atoms with Crippen molar-refractivity contribution in [3.8, 4) is 0 Å². The molecule has 13 heavy (non-hydrogen) atoms. The minimum absolute atomic E-state index is 0. The molecule has 0 unspecified atom stereocenters. The normalized spacial score (nSPS) is 16.5. The van der Waals surface area contributed by atoms with E-state index in [2.05, 4.69) is 20.4 Å². The van der Waals surface area contributed by atoms with E-state index in [1.807, 2.05) is 12.3 Å². The van der Waals surface area contributed by atoms with Crippen molar-refractivity contribution in [3.05, 3.63) is 18.5 Å². The van der Waals surface area contributed by atoms with Crippen LogP contribution in [-0.4, -0.2) is 36.4 Å². The molecule has 1 aliphatic heterocycles. The summed E-state index contributed by atoms with van der Waals surface area (Å²) in [4.78, 5) is 2.31. The second kappa shape index (κ2) is 4.99. The standard InChI is InChI=1S/C8H12N4.ClH/c1-2-10-11-7-8(1)12-5-3-9-4-6-12;/h1-2,7,9H,3-6H2;1H. The first-order valence-corrected chi connectivity index (χ1v) is 4.19. The second-order valence-corrected chi connectivity index (χ2v) is 2.84. The van der Waals surface area contributed by atoms with Crippen molar-refractivity contribution >= 4 is 18.1 Å². The quantitative estimate of drug-likeness (QED) is 0.709. The maximum atomic E-state index is 3.85. The van der Waals surface area contributed by atoms with Crippen LogP contribution in [0, 0.1) is 0 Å². The zero-order valence-electron chi connectivity index (χ0n) is 7.31. The van der Waals surface area contributed by atoms with Crippen molar-refractivity contribution in [3.63, 3.8) is 0 Å². The highest BCUT2D eigenvalue weighted by Gasteiger charge is 2.09. The van der Waals surface area contributed by atoms with Gasteiger partial charge in [0.05, 0.1) is 18.1 Å². The van der Waals surface area contributed by atoms with Gasteiger partial charge in [0.15, 0.2) is 0 Å². The lowest BCUT2D eigenvalue weighted by Gasteiger charge is -2.28. The van der Waals surface area contributed by atoms with Crippen LogP contribution in [0.1, 0.15) is 0 Å². The highest BCUT2D eigenvalue weighted by Crippen LogP contribution is 2.10. The Bertz CT molecular complexity index is 235. The number of rotatable bonds is 1. The predicted octanol–water partition coefficient (Wildman–Crippen LogP) is 0.308. The maximum Gasteiger partial charge on any atom is 0.0729 e. The molecule has 72 valence electrons. The zero-order chi connectivity index (χ0) is 8.23. The Kier molecular flexibility index (Phi) is 3.92. The molecule has 5 heteroatoms. The average Bonchev–Trinajstić information content (AvgIpc) is 2.21. The first-order valence-electron chi connectivity index (χ1n) is 4.19. The van der Waals surface area contributed by atoms with Crippen LogP contribution in [0.25, 0.3) is 0 Å². The van der Waals surface area contributed by atoms with Gasteiger partial charge in [0.25, 0.3) is 0 Å². The Hall–Kier alpha value is -0.870. The third-order valence-corrected chi connectivity index (χ3v) is 2.05. The van der Waals surface area contributed by atoms with Gasteiger partial charge in [0, 0.05) is 26.2 Å². The van der Waals surface area contributed by atoms with Crippen LogP contribution in [0.4, 0.5) is 5.69 Å². The summed E-state index contributed by atoms with van der Waals surface area (Å²) < 4.78 is 0. The van der Waals surface area contributed by atoms with E-state index in [0.29, 0.717) is 0 Å². The molecular weight excluding hydrogens is 188 g/mol. The van der Waals surface area contributed by atoms with Crippen LogP contribution >= 0.6 is 12.4 Å². The van der Waals surface area contributed by atoms with Gasteiger partial charge in [-0.25, -0.2) is 0 Å². The molecule has 1 N–H and O–H groups in total. The van der Waals surface area contributed by atoms with Gasteiger partial charge < -0.3 is 10.2 Å². The second-order valence-electron chi connectivity index (χ2n) is 2.84. The van der Waals surface area contributed by atoms with Gasteiger partial charge in [-0.2, -0.15) is 10.2 Å². The van der Waals surface area contributed by atoms with Gasteiger partial charge >= 0.3 is 0 Å². The monoisotopic (exact) mass is 200 g/mol. The Balaban J connectivity index is 0.000000845. The molecule has 0 aromatic carbocycles. The van der Waals surface area contributed by atoms with Crippen LogP contribution in [0.15, 0.2) is 18.5 Å². The molecule has 2 rings (SSSR count). The molecule has 1 aromatic rings. The molecule has 1 saturated heterocycles. The Morgan fingerprint density at radius 2 is 2.00 bits per heavy atom. The van der Waals surface area contributed by atoms with E-state index >= 15 is 0 Å². The molecule has 0 saturated carbocycles. The Morgan fingerprint density at radius 3 is 2.62 bits per heavy atom. The summed E-state index contributed by atoms with van der Waals surface area (Å²) in [5.41, 5.74) is 1.17. The summed E-state index contributed by atoms with van der Waals surface area (Å²) in [5, 5.41) is 10.9. The molecule has 1 fully saturated rings. The predicted molar refractivity (Wildman–Crippen MR) is 54.4 cm³/mol. The molecule has 1 aliphatic rings. The lowest BCUT2D eigenvalue weighted by molar-refractivity contribution is 0.588. The third kappa shape index (κ3) is 2.54. The molecule has 0 bridgehead atoms. The molecule has 2 heterocycles. The zero-order valence-corrected chi connectivity index (χ0v) is 8.13. The first-order chi connectivity index (χ1) is 5.97. The van der Waals surface area contributed by atoms with Crippen molar-refractivity contribution in [2.24, 2.45) is 0 Å². The van der Waals surface area contributed by atoms with Gasteiger partial charge in [-0.3, -0.25) is 0 Å². The van der Waals surface area contributed by atoms with Crippen LogP contribution in [-0.2, 0) is 0 Å². The van der Waals surface area contributed by atoms with E-state index in [1.165, 1.54) is 5.69 Å². The van der Waals surface area contributed by atoms with Crippen molar-refractivity contribution < 1.29 is 0 Å². The van der Waals surface area contributed by atoms with Crippen LogP contribution in [0.3, 0.4) is 0 Å². The molecule has 0 radical (unpaired) electrons. The van der Waals surface area contributed by atoms with E-state index in [4.69, 9.17) is 0 Å². The summed E-state index contributed by atoms with van der Waals surface area (Å²) in [5.74, 6) is 0. The average molecular weight is 201 g/mol. The summed E-state index contributed by atoms with van der Waals surface area (Å²) in [6, 6.07) is 2.00. The van der Waals surface area contributed by atoms with Crippen molar-refractivity contribution in [1.82, 2.24) is 15.5 Å². The molecule has 0 atom stereocenters. The van der Waals surface area contributed by atoms with Crippen LogP contribution in [0.5, 0.6) is 0 Å². The molecule has 0 spiro atoms. The molecule has 0 amide bonds. The molecule has 1 aromatic heterocycles. The lowest BCUT2D eigenvalue weighted by Crippen LogP contribution is -2.43. The fourth-order valence-corrected chi connectivity index (χ4v) is 1.39. The van der Waals surface area contributed by atoms with Crippen LogP contribution in [0.2, 0.25) is 0 Å². The van der Waals surface area contributed by atoms with Gasteiger partial charge in [-0.1, -0.05) is 0 Å². The fourth-order valence-electron chi connectivity index (χ4n) is 1.39. The maximum absolute atomic E-state index is 3.85. The van der Waals surface area contributed by atoms with Gasteiger partial charge in [-0.15, -0.1) is 12.4 Å². The minimum atomic E-state index is 0. The lowest BCUT2D eigenvalue weighted by atomic mass is 10.3. The van der Waals surface area contributed by atoms with E-state index in [9.17, 15) is 0 Å². The topological polar surface area (TPSA) is 41.0 Å². The number of anilines is 1. The Morgan fingerprint density at radius 1 is 1.23 bits per heavy atom. The highest BCUT2D eigenvalue weighted by molar-refractivity contribution is 5.85. The van der Waals surface area contributed by atoms with Gasteiger partial charge in [0.1, 0.15) is 0 Å².